The van der Waals surface area contributed by atoms with E-state index in [-0.39, 0.29) is 21.7 Å². The molecule has 0 unspecified atom stereocenters. The van der Waals surface area contributed by atoms with Crippen molar-refractivity contribution in [3.63, 3.8) is 0 Å². The summed E-state index contributed by atoms with van der Waals surface area (Å²) in [6, 6.07) is 20.1. The van der Waals surface area contributed by atoms with Crippen molar-refractivity contribution in [3.05, 3.63) is 103 Å². The van der Waals surface area contributed by atoms with Crippen LogP contribution in [0.4, 0.5) is 0 Å². The third-order valence-corrected chi connectivity index (χ3v) is 5.47. The first-order chi connectivity index (χ1) is 13.7. The fraction of sp³-hybridized carbons (Fsp3) is 0.125. The Labute approximate surface area is 160 Å². The summed E-state index contributed by atoms with van der Waals surface area (Å²) in [6.07, 6.45) is 1.66. The smallest absolute Gasteiger partial charge is 0.203 e. The summed E-state index contributed by atoms with van der Waals surface area (Å²) in [5, 5.41) is 2.06. The van der Waals surface area contributed by atoms with Gasteiger partial charge in [-0.2, -0.15) is 0 Å². The van der Waals surface area contributed by atoms with Gasteiger partial charge in [0.05, 0.1) is 16.3 Å². The van der Waals surface area contributed by atoms with E-state index in [1.807, 2.05) is 41.0 Å². The molecule has 0 spiro atoms. The molecule has 1 aromatic heterocycles. The van der Waals surface area contributed by atoms with Crippen molar-refractivity contribution in [2.24, 2.45) is 0 Å². The maximum Gasteiger partial charge on any atom is 0.203 e. The quantitative estimate of drug-likeness (QED) is 0.488. The zero-order valence-corrected chi connectivity index (χ0v) is 15.1. The minimum absolute atomic E-state index is 0.167. The largest absolute Gasteiger partial charge is 0.337 e. The van der Waals surface area contributed by atoms with Crippen molar-refractivity contribution in [3.8, 4) is 0 Å². The average molecular weight is 367 g/mol. The highest BCUT2D eigenvalue weighted by Crippen LogP contribution is 2.30. The van der Waals surface area contributed by atoms with Crippen molar-refractivity contribution < 1.29 is 0 Å². The molecular weight excluding hydrogens is 350 g/mol. The van der Waals surface area contributed by atoms with Crippen LogP contribution in [0.25, 0.3) is 32.6 Å². The van der Waals surface area contributed by atoms with Crippen LogP contribution in [0.15, 0.2) is 81.1 Å². The van der Waals surface area contributed by atoms with Gasteiger partial charge in [0.25, 0.3) is 0 Å². The molecule has 0 saturated carbocycles. The Hall–Kier alpha value is -3.53. The molecule has 0 amide bonds. The number of fused-ring (bicyclic) bond motifs is 5. The predicted octanol–water partition coefficient (Wildman–Crippen LogP) is 3.54. The van der Waals surface area contributed by atoms with Crippen LogP contribution >= 0.6 is 0 Å². The molecule has 28 heavy (non-hydrogen) atoms. The van der Waals surface area contributed by atoms with Crippen LogP contribution < -0.4 is 16.3 Å². The number of aryl methyl sites for hydroxylation is 2. The van der Waals surface area contributed by atoms with Crippen LogP contribution in [0.3, 0.4) is 0 Å². The SMILES string of the molecule is O=c1ccc(=O)c2c1c1c(=O)c3ccccc3c1n2CCCc1ccccc1. The first-order valence-corrected chi connectivity index (χ1v) is 9.38. The topological polar surface area (TPSA) is 56.1 Å². The summed E-state index contributed by atoms with van der Waals surface area (Å²) >= 11 is 0. The number of benzene rings is 3. The number of hydrogen-bond acceptors (Lipinski definition) is 3. The fourth-order valence-corrected chi connectivity index (χ4v) is 4.26. The molecule has 4 heteroatoms. The van der Waals surface area contributed by atoms with E-state index in [9.17, 15) is 14.4 Å². The standard InChI is InChI=1S/C24H17NO3/c26-18-12-13-19(27)23-20(18)21-22(16-10-4-5-11-17(16)24(21)28)25(23)14-6-9-15-7-2-1-3-8-15/h1-5,7-8,10-13H,6,9,14H2. The second-order valence-corrected chi connectivity index (χ2v) is 7.12. The summed E-state index contributed by atoms with van der Waals surface area (Å²) in [5.41, 5.74) is 1.64. The molecule has 0 bridgehead atoms. The Kier molecular flexibility index (Phi) is 3.72. The molecule has 0 aliphatic carbocycles. The maximum absolute atomic E-state index is 13.0. The fourth-order valence-electron chi connectivity index (χ4n) is 4.26. The molecule has 4 aromatic carbocycles. The van der Waals surface area contributed by atoms with Gasteiger partial charge in [0.15, 0.2) is 10.9 Å². The van der Waals surface area contributed by atoms with Gasteiger partial charge in [-0.1, -0.05) is 54.6 Å². The molecular formula is C24H17NO3. The zero-order valence-electron chi connectivity index (χ0n) is 15.1. The summed E-state index contributed by atoms with van der Waals surface area (Å²) in [4.78, 5) is 38.2. The molecule has 0 aliphatic heterocycles. The van der Waals surface area contributed by atoms with Crippen LogP contribution in [0, 0.1) is 0 Å². The van der Waals surface area contributed by atoms with E-state index in [0.29, 0.717) is 28.4 Å². The van der Waals surface area contributed by atoms with Crippen molar-refractivity contribution >= 4 is 32.6 Å². The van der Waals surface area contributed by atoms with E-state index in [0.717, 1.165) is 18.2 Å². The predicted molar refractivity (Wildman–Crippen MR) is 113 cm³/mol. The Morgan fingerprint density at radius 1 is 0.643 bits per heavy atom. The highest BCUT2D eigenvalue weighted by Gasteiger charge is 2.22. The number of aromatic nitrogens is 1. The average Bonchev–Trinajstić information content (AvgIpc) is 3.21. The second kappa shape index (κ2) is 6.27. The highest BCUT2D eigenvalue weighted by molar-refractivity contribution is 6.20. The molecule has 0 aliphatic rings. The lowest BCUT2D eigenvalue weighted by molar-refractivity contribution is 0.678. The molecule has 1 heterocycles. The van der Waals surface area contributed by atoms with E-state index >= 15 is 0 Å². The summed E-state index contributed by atoms with van der Waals surface area (Å²) in [6.45, 7) is 0.570. The lowest BCUT2D eigenvalue weighted by Crippen LogP contribution is -2.13. The first-order valence-electron chi connectivity index (χ1n) is 9.38. The van der Waals surface area contributed by atoms with E-state index < -0.39 is 0 Å². The molecule has 0 atom stereocenters. The monoisotopic (exact) mass is 367 g/mol. The zero-order chi connectivity index (χ0) is 19.3. The van der Waals surface area contributed by atoms with Gasteiger partial charge in [-0.05, 0) is 30.5 Å². The normalized spacial score (nSPS) is 11.7. The van der Waals surface area contributed by atoms with Crippen molar-refractivity contribution in [1.29, 1.82) is 0 Å². The van der Waals surface area contributed by atoms with Crippen LogP contribution in [0.1, 0.15) is 12.0 Å². The lowest BCUT2D eigenvalue weighted by Gasteiger charge is -2.07. The summed E-state index contributed by atoms with van der Waals surface area (Å²) in [5.74, 6) is 0. The van der Waals surface area contributed by atoms with Crippen LogP contribution in [-0.4, -0.2) is 4.57 Å². The lowest BCUT2D eigenvalue weighted by atomic mass is 10.1. The minimum atomic E-state index is -0.270. The van der Waals surface area contributed by atoms with Gasteiger partial charge in [-0.3, -0.25) is 14.4 Å². The van der Waals surface area contributed by atoms with Crippen molar-refractivity contribution in [2.75, 3.05) is 0 Å². The second-order valence-electron chi connectivity index (χ2n) is 7.12. The highest BCUT2D eigenvalue weighted by atomic mass is 16.1. The maximum atomic E-state index is 13.0. The van der Waals surface area contributed by atoms with Gasteiger partial charge in [0.2, 0.25) is 5.43 Å². The Bertz CT molecular complexity index is 1490. The molecule has 0 saturated heterocycles. The van der Waals surface area contributed by atoms with Gasteiger partial charge in [0, 0.05) is 17.3 Å². The van der Waals surface area contributed by atoms with Gasteiger partial charge in [-0.25, -0.2) is 0 Å². The van der Waals surface area contributed by atoms with Crippen LogP contribution in [0.5, 0.6) is 0 Å². The third kappa shape index (κ3) is 2.34. The van der Waals surface area contributed by atoms with E-state index in [1.165, 1.54) is 17.7 Å². The molecule has 0 radical (unpaired) electrons. The van der Waals surface area contributed by atoms with E-state index in [4.69, 9.17) is 0 Å². The number of hydrogen-bond donors (Lipinski definition) is 0. The van der Waals surface area contributed by atoms with E-state index in [2.05, 4.69) is 12.1 Å². The summed E-state index contributed by atoms with van der Waals surface area (Å²) < 4.78 is 1.89. The van der Waals surface area contributed by atoms with Crippen LogP contribution in [-0.2, 0) is 13.0 Å². The molecule has 5 rings (SSSR count). The van der Waals surface area contributed by atoms with E-state index in [1.54, 1.807) is 6.07 Å². The number of rotatable bonds is 4. The van der Waals surface area contributed by atoms with Gasteiger partial charge < -0.3 is 4.57 Å². The van der Waals surface area contributed by atoms with Crippen LogP contribution in [0.2, 0.25) is 0 Å². The minimum Gasteiger partial charge on any atom is -0.337 e. The van der Waals surface area contributed by atoms with Crippen molar-refractivity contribution in [2.45, 2.75) is 19.4 Å². The Balaban J connectivity index is 1.77. The van der Waals surface area contributed by atoms with Gasteiger partial charge in [-0.15, -0.1) is 0 Å². The van der Waals surface area contributed by atoms with Gasteiger partial charge in [0.1, 0.15) is 5.52 Å². The molecule has 136 valence electrons. The van der Waals surface area contributed by atoms with Gasteiger partial charge >= 0.3 is 0 Å². The number of nitrogens with zero attached hydrogens (tertiary/aromatic N) is 1. The molecule has 0 fully saturated rings. The third-order valence-electron chi connectivity index (χ3n) is 5.47. The molecule has 5 aromatic rings. The molecule has 0 N–H and O–H groups in total. The first kappa shape index (κ1) is 16.6. The summed E-state index contributed by atoms with van der Waals surface area (Å²) in [7, 11) is 0. The van der Waals surface area contributed by atoms with Crippen molar-refractivity contribution in [1.82, 2.24) is 4.57 Å². The Morgan fingerprint density at radius 3 is 2.11 bits per heavy atom. The molecule has 4 nitrogen and oxygen atoms in total. The Morgan fingerprint density at radius 2 is 1.32 bits per heavy atom.